The van der Waals surface area contributed by atoms with Crippen molar-refractivity contribution in [2.75, 3.05) is 0 Å². The summed E-state index contributed by atoms with van der Waals surface area (Å²) in [6, 6.07) is 7.81. The average Bonchev–Trinajstić information content (AvgIpc) is 3.09. The predicted octanol–water partition coefficient (Wildman–Crippen LogP) is 4.31. The summed E-state index contributed by atoms with van der Waals surface area (Å²) in [7, 11) is 0. The lowest BCUT2D eigenvalue weighted by atomic mass is 10.1. The van der Waals surface area contributed by atoms with Crippen LogP contribution in [0.4, 0.5) is 0 Å². The van der Waals surface area contributed by atoms with Crippen LogP contribution in [0.25, 0.3) is 10.1 Å². The van der Waals surface area contributed by atoms with Crippen molar-refractivity contribution in [3.8, 4) is 0 Å². The molecule has 0 atom stereocenters. The molecule has 0 radical (unpaired) electrons. The van der Waals surface area contributed by atoms with E-state index in [1.54, 1.807) is 11.8 Å². The molecule has 0 saturated carbocycles. The van der Waals surface area contributed by atoms with Gasteiger partial charge in [0.2, 0.25) is 0 Å². The summed E-state index contributed by atoms with van der Waals surface area (Å²) < 4.78 is 6.15. The predicted molar refractivity (Wildman–Crippen MR) is 87.6 cm³/mol. The van der Waals surface area contributed by atoms with E-state index in [0.29, 0.717) is 10.6 Å². The Bertz CT molecular complexity index is 794. The zero-order chi connectivity index (χ0) is 14.8. The summed E-state index contributed by atoms with van der Waals surface area (Å²) in [4.78, 5) is 16.3. The van der Waals surface area contributed by atoms with Crippen LogP contribution in [0.1, 0.15) is 28.0 Å². The number of carboxylic acids is 1. The van der Waals surface area contributed by atoms with Crippen molar-refractivity contribution in [3.05, 3.63) is 40.5 Å². The first-order valence-electron chi connectivity index (χ1n) is 6.38. The van der Waals surface area contributed by atoms with E-state index in [4.69, 9.17) is 0 Å². The van der Waals surface area contributed by atoms with Gasteiger partial charge in [-0.25, -0.2) is 9.78 Å². The molecule has 7 heteroatoms. The fraction of sp³-hybridized carbons (Fsp3) is 0.214. The van der Waals surface area contributed by atoms with E-state index in [1.165, 1.54) is 22.9 Å². The molecule has 0 aliphatic heterocycles. The van der Waals surface area contributed by atoms with Gasteiger partial charge < -0.3 is 5.11 Å². The second-order valence-electron chi connectivity index (χ2n) is 4.33. The Balaban J connectivity index is 1.91. The van der Waals surface area contributed by atoms with Crippen molar-refractivity contribution in [3.63, 3.8) is 0 Å². The molecule has 108 valence electrons. The molecule has 0 aliphatic rings. The minimum absolute atomic E-state index is 0.420. The Morgan fingerprint density at radius 3 is 2.90 bits per heavy atom. The summed E-state index contributed by atoms with van der Waals surface area (Å²) in [5.41, 5.74) is 0.876. The van der Waals surface area contributed by atoms with Crippen molar-refractivity contribution >= 4 is 50.7 Å². The van der Waals surface area contributed by atoms with Gasteiger partial charge in [0, 0.05) is 16.9 Å². The van der Waals surface area contributed by atoms with Crippen molar-refractivity contribution in [1.82, 2.24) is 9.36 Å². The van der Waals surface area contributed by atoms with Crippen LogP contribution >= 0.6 is 34.6 Å². The van der Waals surface area contributed by atoms with Crippen LogP contribution in [0.5, 0.6) is 0 Å². The minimum atomic E-state index is -0.863. The van der Waals surface area contributed by atoms with Crippen LogP contribution in [-0.4, -0.2) is 20.4 Å². The number of nitrogens with zero attached hydrogens (tertiary/aromatic N) is 2. The number of hydrogen-bond acceptors (Lipinski definition) is 6. The Hall–Kier alpha value is -1.44. The Kier molecular flexibility index (Phi) is 4.23. The highest BCUT2D eigenvalue weighted by Crippen LogP contribution is 2.35. The lowest BCUT2D eigenvalue weighted by Gasteiger charge is -1.99. The second-order valence-corrected chi connectivity index (χ2v) is 7.36. The molecule has 3 rings (SSSR count). The zero-order valence-corrected chi connectivity index (χ0v) is 13.6. The minimum Gasteiger partial charge on any atom is -0.477 e. The quantitative estimate of drug-likeness (QED) is 0.704. The smallest absolute Gasteiger partial charge is 0.346 e. The van der Waals surface area contributed by atoms with E-state index >= 15 is 0 Å². The van der Waals surface area contributed by atoms with Gasteiger partial charge in [-0.3, -0.25) is 0 Å². The van der Waals surface area contributed by atoms with Crippen LogP contribution in [0.3, 0.4) is 0 Å². The molecule has 0 bridgehead atoms. The molecule has 0 saturated heterocycles. The molecule has 0 aliphatic carbocycles. The van der Waals surface area contributed by atoms with Gasteiger partial charge in [-0.15, -0.1) is 11.3 Å². The van der Waals surface area contributed by atoms with Crippen molar-refractivity contribution in [2.24, 2.45) is 0 Å². The van der Waals surface area contributed by atoms with Gasteiger partial charge >= 0.3 is 5.97 Å². The number of aromatic carboxylic acids is 1. The van der Waals surface area contributed by atoms with Crippen LogP contribution in [0.15, 0.2) is 28.6 Å². The first kappa shape index (κ1) is 14.5. The van der Waals surface area contributed by atoms with Crippen LogP contribution < -0.4 is 0 Å². The van der Waals surface area contributed by atoms with E-state index in [2.05, 4.69) is 9.36 Å². The van der Waals surface area contributed by atoms with E-state index in [0.717, 1.165) is 32.2 Å². The summed E-state index contributed by atoms with van der Waals surface area (Å²) in [6.07, 6.45) is 0.818. The summed E-state index contributed by atoms with van der Waals surface area (Å²) in [5.74, 6) is 0.582. The van der Waals surface area contributed by atoms with Crippen LogP contribution in [0.2, 0.25) is 0 Å². The SMILES string of the molecule is CCc1nsc(SCc2c(C(=O)O)sc3ccccc23)n1. The number of aryl methyl sites for hydroxylation is 1. The van der Waals surface area contributed by atoms with Crippen molar-refractivity contribution in [1.29, 1.82) is 0 Å². The molecule has 21 heavy (non-hydrogen) atoms. The summed E-state index contributed by atoms with van der Waals surface area (Å²) in [5, 5.41) is 10.4. The number of hydrogen-bond donors (Lipinski definition) is 1. The molecular weight excluding hydrogens is 324 g/mol. The molecule has 0 spiro atoms. The maximum absolute atomic E-state index is 11.4. The van der Waals surface area contributed by atoms with Crippen LogP contribution in [0, 0.1) is 0 Å². The highest BCUT2D eigenvalue weighted by atomic mass is 32.2. The van der Waals surface area contributed by atoms with Gasteiger partial charge in [0.1, 0.15) is 10.7 Å². The van der Waals surface area contributed by atoms with E-state index in [9.17, 15) is 9.90 Å². The highest BCUT2D eigenvalue weighted by molar-refractivity contribution is 8.00. The van der Waals surface area contributed by atoms with E-state index in [1.807, 2.05) is 31.2 Å². The zero-order valence-electron chi connectivity index (χ0n) is 11.2. The fourth-order valence-electron chi connectivity index (χ4n) is 1.99. The molecule has 0 unspecified atom stereocenters. The number of rotatable bonds is 5. The third-order valence-corrected chi connectivity index (χ3v) is 6.10. The molecule has 0 fully saturated rings. The van der Waals surface area contributed by atoms with Crippen molar-refractivity contribution in [2.45, 2.75) is 23.4 Å². The second kappa shape index (κ2) is 6.13. The van der Waals surface area contributed by atoms with Crippen molar-refractivity contribution < 1.29 is 9.90 Å². The summed E-state index contributed by atoms with van der Waals surface area (Å²) in [6.45, 7) is 2.02. The number of aromatic nitrogens is 2. The maximum atomic E-state index is 11.4. The van der Waals surface area contributed by atoms with Gasteiger partial charge in [0.25, 0.3) is 0 Å². The number of benzene rings is 1. The number of thiophene rings is 1. The van der Waals surface area contributed by atoms with E-state index < -0.39 is 5.97 Å². The first-order chi connectivity index (χ1) is 10.2. The first-order valence-corrected chi connectivity index (χ1v) is 8.95. The summed E-state index contributed by atoms with van der Waals surface area (Å²) >= 11 is 4.25. The Morgan fingerprint density at radius 2 is 2.19 bits per heavy atom. The number of thioether (sulfide) groups is 1. The molecular formula is C14H12N2O2S3. The number of fused-ring (bicyclic) bond motifs is 1. The fourth-order valence-corrected chi connectivity index (χ4v) is 4.88. The molecule has 1 aromatic carbocycles. The highest BCUT2D eigenvalue weighted by Gasteiger charge is 2.18. The average molecular weight is 336 g/mol. The lowest BCUT2D eigenvalue weighted by molar-refractivity contribution is 0.0701. The largest absolute Gasteiger partial charge is 0.477 e. The molecule has 3 aromatic rings. The Morgan fingerprint density at radius 1 is 1.38 bits per heavy atom. The monoisotopic (exact) mass is 336 g/mol. The molecule has 2 heterocycles. The molecule has 2 aromatic heterocycles. The van der Waals surface area contributed by atoms with Gasteiger partial charge in [-0.2, -0.15) is 4.37 Å². The Labute approximate surface area is 134 Å². The standard InChI is InChI=1S/C14H12N2O2S3/c1-2-11-15-14(21-16-11)19-7-9-8-5-3-4-6-10(8)20-12(9)13(17)18/h3-6H,2,7H2,1H3,(H,17,18). The molecule has 4 nitrogen and oxygen atoms in total. The molecule has 1 N–H and O–H groups in total. The number of carboxylic acid groups (broad SMARTS) is 1. The van der Waals surface area contributed by atoms with Gasteiger partial charge in [-0.1, -0.05) is 36.9 Å². The lowest BCUT2D eigenvalue weighted by Crippen LogP contribution is -1.96. The third kappa shape index (κ3) is 2.95. The third-order valence-electron chi connectivity index (χ3n) is 3.00. The van der Waals surface area contributed by atoms with Crippen LogP contribution in [-0.2, 0) is 12.2 Å². The number of carbonyl (C=O) groups is 1. The normalized spacial score (nSPS) is 11.1. The van der Waals surface area contributed by atoms with Gasteiger partial charge in [0.05, 0.1) is 0 Å². The maximum Gasteiger partial charge on any atom is 0.346 e. The van der Waals surface area contributed by atoms with E-state index in [-0.39, 0.29) is 0 Å². The topological polar surface area (TPSA) is 63.1 Å². The van der Waals surface area contributed by atoms with Gasteiger partial charge in [0.15, 0.2) is 4.34 Å². The van der Waals surface area contributed by atoms with Gasteiger partial charge in [-0.05, 0) is 28.5 Å². The molecule has 0 amide bonds.